The van der Waals surface area contributed by atoms with E-state index in [0.29, 0.717) is 17.1 Å². The van der Waals surface area contributed by atoms with E-state index in [-0.39, 0.29) is 5.70 Å². The van der Waals surface area contributed by atoms with E-state index in [2.05, 4.69) is 47.9 Å². The van der Waals surface area contributed by atoms with Gasteiger partial charge in [0, 0.05) is 18.8 Å². The molecular weight excluding hydrogens is 310 g/mol. The highest BCUT2D eigenvalue weighted by atomic mass is 16.5. The molecule has 1 aliphatic rings. The fraction of sp³-hybridized carbons (Fsp3) is 0.238. The van der Waals surface area contributed by atoms with Crippen molar-refractivity contribution < 1.29 is 4.74 Å². The number of anilines is 1. The molecule has 126 valence electrons. The molecule has 0 fully saturated rings. The van der Waals surface area contributed by atoms with E-state index in [4.69, 9.17) is 16.6 Å². The summed E-state index contributed by atoms with van der Waals surface area (Å²) in [5.74, 6) is 1.27. The topological polar surface area (TPSA) is 40.6 Å². The maximum absolute atomic E-state index is 9.03. The molecule has 0 spiro atoms. The summed E-state index contributed by atoms with van der Waals surface area (Å²) in [4.78, 5) is 5.55. The number of rotatable bonds is 5. The zero-order valence-electron chi connectivity index (χ0n) is 14.8. The highest BCUT2D eigenvalue weighted by Gasteiger charge is 2.10. The lowest BCUT2D eigenvalue weighted by atomic mass is 10.1. The van der Waals surface area contributed by atoms with Crippen molar-refractivity contribution in [2.75, 3.05) is 18.0 Å². The zero-order chi connectivity index (χ0) is 18.2. The molecular formula is C21H21N3O. The summed E-state index contributed by atoms with van der Waals surface area (Å²) in [5, 5.41) is 9.03. The molecule has 2 rings (SSSR count). The van der Waals surface area contributed by atoms with Crippen molar-refractivity contribution in [3.05, 3.63) is 82.3 Å². The average molecular weight is 331 g/mol. The van der Waals surface area contributed by atoms with Gasteiger partial charge in [-0.25, -0.2) is 10.1 Å². The van der Waals surface area contributed by atoms with Gasteiger partial charge in [0.2, 0.25) is 0 Å². The smallest absolute Gasteiger partial charge is 0.269 e. The second-order valence-corrected chi connectivity index (χ2v) is 5.53. The van der Waals surface area contributed by atoms with Crippen molar-refractivity contribution in [1.29, 1.82) is 5.26 Å². The summed E-state index contributed by atoms with van der Waals surface area (Å²) in [6.45, 7) is 15.1. The molecule has 0 aliphatic carbocycles. The minimum Gasteiger partial charge on any atom is -0.462 e. The fourth-order valence-electron chi connectivity index (χ4n) is 2.60. The molecule has 25 heavy (non-hydrogen) atoms. The predicted octanol–water partition coefficient (Wildman–Crippen LogP) is 5.06. The van der Waals surface area contributed by atoms with Crippen molar-refractivity contribution in [2.45, 2.75) is 20.8 Å². The monoisotopic (exact) mass is 331 g/mol. The van der Waals surface area contributed by atoms with Crippen LogP contribution in [0.3, 0.4) is 0 Å². The van der Waals surface area contributed by atoms with Crippen LogP contribution in [0.5, 0.6) is 0 Å². The van der Waals surface area contributed by atoms with Crippen LogP contribution in [-0.2, 0) is 4.74 Å². The lowest BCUT2D eigenvalue weighted by Crippen LogP contribution is -2.21. The van der Waals surface area contributed by atoms with Crippen molar-refractivity contribution in [1.82, 2.24) is 0 Å². The van der Waals surface area contributed by atoms with Crippen molar-refractivity contribution in [2.24, 2.45) is 0 Å². The number of hydrogen-bond acceptors (Lipinski definition) is 3. The fourth-order valence-corrected chi connectivity index (χ4v) is 2.60. The summed E-state index contributed by atoms with van der Waals surface area (Å²) in [6, 6.07) is 10.2. The Kier molecular flexibility index (Phi) is 6.20. The third kappa shape index (κ3) is 4.62. The molecule has 4 heteroatoms. The van der Waals surface area contributed by atoms with Gasteiger partial charge in [-0.05, 0) is 62.3 Å². The van der Waals surface area contributed by atoms with Gasteiger partial charge in [0.15, 0.2) is 0 Å². The molecule has 0 saturated carbocycles. The first-order valence-electron chi connectivity index (χ1n) is 8.24. The van der Waals surface area contributed by atoms with Crippen LogP contribution in [0.1, 0.15) is 26.3 Å². The molecule has 0 bridgehead atoms. The van der Waals surface area contributed by atoms with Crippen LogP contribution in [0.2, 0.25) is 0 Å². The molecule has 0 N–H and O–H groups in total. The minimum atomic E-state index is 0.0668. The van der Waals surface area contributed by atoms with E-state index >= 15 is 0 Å². The maximum atomic E-state index is 9.03. The summed E-state index contributed by atoms with van der Waals surface area (Å²) in [7, 11) is 0. The number of ether oxygens (including phenoxy) is 1. The second kappa shape index (κ2) is 8.57. The molecule has 0 atom stereocenters. The number of benzene rings is 1. The molecule has 0 amide bonds. The Balaban J connectivity index is 2.21. The Bertz CT molecular complexity index is 807. The minimum absolute atomic E-state index is 0.0668. The van der Waals surface area contributed by atoms with Gasteiger partial charge in [-0.2, -0.15) is 0 Å². The van der Waals surface area contributed by atoms with Crippen LogP contribution < -0.4 is 4.90 Å². The molecule has 0 aromatic heterocycles. The first kappa shape index (κ1) is 18.1. The van der Waals surface area contributed by atoms with Gasteiger partial charge in [-0.15, -0.1) is 0 Å². The second-order valence-electron chi connectivity index (χ2n) is 5.53. The van der Waals surface area contributed by atoms with E-state index < -0.39 is 0 Å². The van der Waals surface area contributed by atoms with E-state index in [1.165, 1.54) is 5.69 Å². The van der Waals surface area contributed by atoms with Gasteiger partial charge in [0.1, 0.15) is 11.5 Å². The summed E-state index contributed by atoms with van der Waals surface area (Å²) in [5.41, 5.74) is 2.91. The largest absolute Gasteiger partial charge is 0.462 e. The summed E-state index contributed by atoms with van der Waals surface area (Å²) < 4.78 is 5.65. The van der Waals surface area contributed by atoms with Crippen LogP contribution in [0, 0.1) is 17.9 Å². The van der Waals surface area contributed by atoms with Gasteiger partial charge < -0.3 is 9.64 Å². The van der Waals surface area contributed by atoms with Crippen LogP contribution in [-0.4, -0.2) is 13.1 Å². The average Bonchev–Trinajstić information content (AvgIpc) is 2.63. The van der Waals surface area contributed by atoms with E-state index in [0.717, 1.165) is 18.7 Å². The number of hydrogen-bond donors (Lipinski definition) is 0. The van der Waals surface area contributed by atoms with Gasteiger partial charge >= 0.3 is 0 Å². The van der Waals surface area contributed by atoms with Crippen molar-refractivity contribution >= 4 is 11.8 Å². The van der Waals surface area contributed by atoms with E-state index in [1.54, 1.807) is 19.1 Å². The number of allylic oxidation sites excluding steroid dienone is 6. The first-order valence-corrected chi connectivity index (χ1v) is 8.24. The van der Waals surface area contributed by atoms with Gasteiger partial charge in [0.25, 0.3) is 5.70 Å². The molecule has 1 aromatic carbocycles. The lowest BCUT2D eigenvalue weighted by Gasteiger charge is -2.20. The predicted molar refractivity (Wildman–Crippen MR) is 101 cm³/mol. The summed E-state index contributed by atoms with van der Waals surface area (Å²) in [6.07, 6.45) is 7.22. The Morgan fingerprint density at radius 3 is 2.44 bits per heavy atom. The van der Waals surface area contributed by atoms with Gasteiger partial charge in [-0.3, -0.25) is 0 Å². The standard InChI is InChI=1S/C21H21N3O/c1-5-24(6-2)19-10-7-17(8-11-19)9-12-20-14-18(13-16(3)25-20)21(15-22)23-4/h7-14H,5-6H2,1-3H3/b12-9?,21-18+. The van der Waals surface area contributed by atoms with Crippen molar-refractivity contribution in [3.63, 3.8) is 0 Å². The molecule has 1 aliphatic heterocycles. The van der Waals surface area contributed by atoms with E-state index in [1.807, 2.05) is 18.2 Å². The SMILES string of the molecule is [C-]#[N+]/C(C#N)=C1\C=C(C)OC(C=Cc2ccc(N(CC)CC)cc2)=C1. The first-order chi connectivity index (χ1) is 12.1. The highest BCUT2D eigenvalue weighted by molar-refractivity contribution is 5.59. The molecule has 1 heterocycles. The van der Waals surface area contributed by atoms with Crippen molar-refractivity contribution in [3.8, 4) is 6.07 Å². The quantitative estimate of drug-likeness (QED) is 0.559. The van der Waals surface area contributed by atoms with Crippen LogP contribution in [0.15, 0.2) is 65.3 Å². The van der Waals surface area contributed by atoms with Crippen LogP contribution >= 0.6 is 0 Å². The van der Waals surface area contributed by atoms with Crippen LogP contribution in [0.4, 0.5) is 5.69 Å². The molecule has 0 unspecified atom stereocenters. The molecule has 0 saturated heterocycles. The number of nitrogens with zero attached hydrogens (tertiary/aromatic N) is 3. The van der Waals surface area contributed by atoms with Crippen LogP contribution in [0.25, 0.3) is 10.9 Å². The zero-order valence-corrected chi connectivity index (χ0v) is 14.8. The Hall–Kier alpha value is -3.24. The molecule has 1 aromatic rings. The van der Waals surface area contributed by atoms with Gasteiger partial charge in [-0.1, -0.05) is 18.2 Å². The Morgan fingerprint density at radius 1 is 1.20 bits per heavy atom. The third-order valence-corrected chi connectivity index (χ3v) is 3.89. The Morgan fingerprint density at radius 2 is 1.88 bits per heavy atom. The third-order valence-electron chi connectivity index (χ3n) is 3.89. The van der Waals surface area contributed by atoms with E-state index in [9.17, 15) is 0 Å². The lowest BCUT2D eigenvalue weighted by molar-refractivity contribution is 0.318. The maximum Gasteiger partial charge on any atom is 0.269 e. The van der Waals surface area contributed by atoms with Gasteiger partial charge in [0.05, 0.1) is 12.6 Å². The molecule has 4 nitrogen and oxygen atoms in total. The molecule has 0 radical (unpaired) electrons. The summed E-state index contributed by atoms with van der Waals surface area (Å²) >= 11 is 0. The highest BCUT2D eigenvalue weighted by Crippen LogP contribution is 2.23. The number of nitriles is 1. The normalized spacial score (nSPS) is 15.6. The Labute approximate surface area is 149 Å².